The van der Waals surface area contributed by atoms with Crippen molar-refractivity contribution >= 4 is 5.69 Å². The van der Waals surface area contributed by atoms with Gasteiger partial charge in [0.2, 0.25) is 0 Å². The zero-order valence-electron chi connectivity index (χ0n) is 16.4. The molecule has 0 fully saturated rings. The highest BCUT2D eigenvalue weighted by molar-refractivity contribution is 5.40. The van der Waals surface area contributed by atoms with Crippen LogP contribution < -0.4 is 4.74 Å². The molecule has 0 saturated carbocycles. The van der Waals surface area contributed by atoms with Crippen LogP contribution in [0.4, 0.5) is 5.69 Å². The van der Waals surface area contributed by atoms with Gasteiger partial charge in [-0.1, -0.05) is 58.0 Å². The largest absolute Gasteiger partial charge is 0.494 e. The van der Waals surface area contributed by atoms with Crippen molar-refractivity contribution in [3.05, 3.63) is 69.8 Å². The van der Waals surface area contributed by atoms with Crippen LogP contribution in [0.25, 0.3) is 0 Å². The maximum atomic E-state index is 11.1. The Bertz CT molecular complexity index is 765. The van der Waals surface area contributed by atoms with E-state index in [0.29, 0.717) is 6.61 Å². The highest BCUT2D eigenvalue weighted by Gasteiger charge is 2.29. The Morgan fingerprint density at radius 1 is 0.962 bits per heavy atom. The highest BCUT2D eigenvalue weighted by atomic mass is 16.6. The maximum absolute atomic E-state index is 11.1. The lowest BCUT2D eigenvalue weighted by molar-refractivity contribution is -0.385. The summed E-state index contributed by atoms with van der Waals surface area (Å²) >= 11 is 0. The zero-order chi connectivity index (χ0) is 19.4. The van der Waals surface area contributed by atoms with Crippen LogP contribution in [0.3, 0.4) is 0 Å². The van der Waals surface area contributed by atoms with E-state index >= 15 is 0 Å². The molecule has 4 heteroatoms. The number of nitro benzene ring substituents is 1. The van der Waals surface area contributed by atoms with Crippen LogP contribution >= 0.6 is 0 Å². The molecule has 0 radical (unpaired) electrons. The molecule has 0 aromatic heterocycles. The van der Waals surface area contributed by atoms with E-state index < -0.39 is 0 Å². The van der Waals surface area contributed by atoms with E-state index in [1.165, 1.54) is 5.56 Å². The minimum absolute atomic E-state index is 0.0518. The Balaban J connectivity index is 2.20. The second-order valence-electron chi connectivity index (χ2n) is 8.00. The Morgan fingerprint density at radius 3 is 2.27 bits per heavy atom. The van der Waals surface area contributed by atoms with Gasteiger partial charge in [-0.25, -0.2) is 0 Å². The van der Waals surface area contributed by atoms with E-state index in [9.17, 15) is 10.1 Å². The predicted molar refractivity (Wildman–Crippen MR) is 106 cm³/mol. The molecule has 0 aliphatic rings. The molecule has 0 aliphatic carbocycles. The molecular weight excluding hydrogens is 326 g/mol. The van der Waals surface area contributed by atoms with Crippen molar-refractivity contribution in [1.82, 2.24) is 0 Å². The molecule has 2 aromatic rings. The van der Waals surface area contributed by atoms with E-state index in [0.717, 1.165) is 24.2 Å². The SMILES string of the molecule is CCOc1ccccc1C(C)(C)CCC(C)(C)c1cccc([N+](=O)[O-])c1. The molecule has 0 saturated heterocycles. The van der Waals surface area contributed by atoms with Gasteiger partial charge in [0.25, 0.3) is 5.69 Å². The topological polar surface area (TPSA) is 52.4 Å². The van der Waals surface area contributed by atoms with Crippen LogP contribution in [-0.4, -0.2) is 11.5 Å². The summed E-state index contributed by atoms with van der Waals surface area (Å²) in [6.07, 6.45) is 1.87. The predicted octanol–water partition coefficient (Wildman–Crippen LogP) is 6.03. The molecule has 2 rings (SSSR count). The Kier molecular flexibility index (Phi) is 6.06. The van der Waals surface area contributed by atoms with Crippen molar-refractivity contribution in [2.24, 2.45) is 0 Å². The van der Waals surface area contributed by atoms with E-state index in [4.69, 9.17) is 4.74 Å². The smallest absolute Gasteiger partial charge is 0.269 e. The number of benzene rings is 2. The van der Waals surface area contributed by atoms with Gasteiger partial charge < -0.3 is 4.74 Å². The summed E-state index contributed by atoms with van der Waals surface area (Å²) in [5.74, 6) is 0.938. The molecule has 0 amide bonds. The average molecular weight is 355 g/mol. The monoisotopic (exact) mass is 355 g/mol. The molecule has 0 heterocycles. The number of para-hydroxylation sites is 1. The van der Waals surface area contributed by atoms with Gasteiger partial charge in [-0.05, 0) is 47.8 Å². The summed E-state index contributed by atoms with van der Waals surface area (Å²) in [5.41, 5.74) is 2.15. The zero-order valence-corrected chi connectivity index (χ0v) is 16.4. The van der Waals surface area contributed by atoms with Crippen LogP contribution in [0.1, 0.15) is 58.6 Å². The summed E-state index contributed by atoms with van der Waals surface area (Å²) in [6.45, 7) is 11.4. The van der Waals surface area contributed by atoms with Gasteiger partial charge in [-0.15, -0.1) is 0 Å². The van der Waals surface area contributed by atoms with Crippen molar-refractivity contribution in [3.8, 4) is 5.75 Å². The summed E-state index contributed by atoms with van der Waals surface area (Å²) < 4.78 is 5.81. The van der Waals surface area contributed by atoms with E-state index in [1.54, 1.807) is 18.2 Å². The summed E-state index contributed by atoms with van der Waals surface area (Å²) in [7, 11) is 0. The van der Waals surface area contributed by atoms with Crippen LogP contribution in [0.15, 0.2) is 48.5 Å². The second-order valence-corrected chi connectivity index (χ2v) is 8.00. The molecule has 0 spiro atoms. The van der Waals surface area contributed by atoms with Crippen LogP contribution in [-0.2, 0) is 10.8 Å². The third-order valence-corrected chi connectivity index (χ3v) is 5.13. The quantitative estimate of drug-likeness (QED) is 0.429. The third-order valence-electron chi connectivity index (χ3n) is 5.13. The van der Waals surface area contributed by atoms with Gasteiger partial charge in [0, 0.05) is 12.1 Å². The van der Waals surface area contributed by atoms with Gasteiger partial charge in [0.05, 0.1) is 11.5 Å². The molecule has 2 aromatic carbocycles. The third kappa shape index (κ3) is 4.63. The molecule has 26 heavy (non-hydrogen) atoms. The minimum atomic E-state index is -0.331. The number of hydrogen-bond acceptors (Lipinski definition) is 3. The molecule has 0 N–H and O–H groups in total. The Hall–Kier alpha value is -2.36. The normalized spacial score (nSPS) is 12.0. The van der Waals surface area contributed by atoms with Gasteiger partial charge >= 0.3 is 0 Å². The van der Waals surface area contributed by atoms with E-state index in [-0.39, 0.29) is 21.4 Å². The fourth-order valence-electron chi connectivity index (χ4n) is 3.25. The number of nitrogens with zero attached hydrogens (tertiary/aromatic N) is 1. The van der Waals surface area contributed by atoms with E-state index in [1.807, 2.05) is 31.2 Å². The highest BCUT2D eigenvalue weighted by Crippen LogP contribution is 2.39. The summed E-state index contributed by atoms with van der Waals surface area (Å²) in [4.78, 5) is 10.7. The molecule has 4 nitrogen and oxygen atoms in total. The van der Waals surface area contributed by atoms with Gasteiger partial charge in [-0.2, -0.15) is 0 Å². The minimum Gasteiger partial charge on any atom is -0.494 e. The average Bonchev–Trinajstić information content (AvgIpc) is 2.61. The van der Waals surface area contributed by atoms with Crippen LogP contribution in [0, 0.1) is 10.1 Å². The standard InChI is InChI=1S/C22H29NO3/c1-6-26-20-13-8-7-12-19(20)22(4,5)15-14-21(2,3)17-10-9-11-18(16-17)23(24)25/h7-13,16H,6,14-15H2,1-5H3. The first kappa shape index (κ1) is 20.0. The van der Waals surface area contributed by atoms with E-state index in [2.05, 4.69) is 33.8 Å². The van der Waals surface area contributed by atoms with Gasteiger partial charge in [0.1, 0.15) is 5.75 Å². The molecule has 0 unspecified atom stereocenters. The maximum Gasteiger partial charge on any atom is 0.269 e. The van der Waals surface area contributed by atoms with Gasteiger partial charge in [-0.3, -0.25) is 10.1 Å². The van der Waals surface area contributed by atoms with Crippen LogP contribution in [0.2, 0.25) is 0 Å². The number of hydrogen-bond donors (Lipinski definition) is 0. The van der Waals surface area contributed by atoms with Crippen molar-refractivity contribution in [2.75, 3.05) is 6.61 Å². The van der Waals surface area contributed by atoms with Crippen molar-refractivity contribution in [1.29, 1.82) is 0 Å². The Labute approximate surface area is 156 Å². The molecule has 140 valence electrons. The second kappa shape index (κ2) is 7.90. The molecule has 0 aliphatic heterocycles. The first-order valence-corrected chi connectivity index (χ1v) is 9.14. The lowest BCUT2D eigenvalue weighted by atomic mass is 9.72. The fraction of sp³-hybridized carbons (Fsp3) is 0.455. The lowest BCUT2D eigenvalue weighted by Crippen LogP contribution is -2.25. The summed E-state index contributed by atoms with van der Waals surface area (Å²) in [5, 5.41) is 11.1. The molecule has 0 atom stereocenters. The molecular formula is C22H29NO3. The Morgan fingerprint density at radius 2 is 1.62 bits per heavy atom. The number of nitro groups is 1. The summed E-state index contributed by atoms with van der Waals surface area (Å²) in [6, 6.07) is 15.2. The lowest BCUT2D eigenvalue weighted by Gasteiger charge is -2.33. The van der Waals surface area contributed by atoms with Gasteiger partial charge in [0.15, 0.2) is 0 Å². The van der Waals surface area contributed by atoms with Crippen LogP contribution in [0.5, 0.6) is 5.75 Å². The number of non-ortho nitro benzene ring substituents is 1. The first-order valence-electron chi connectivity index (χ1n) is 9.14. The number of rotatable bonds is 8. The first-order chi connectivity index (χ1) is 12.2. The fourth-order valence-corrected chi connectivity index (χ4v) is 3.25. The van der Waals surface area contributed by atoms with Crippen molar-refractivity contribution in [3.63, 3.8) is 0 Å². The molecule has 0 bridgehead atoms. The van der Waals surface area contributed by atoms with Crippen molar-refractivity contribution < 1.29 is 9.66 Å². The van der Waals surface area contributed by atoms with Crippen molar-refractivity contribution in [2.45, 2.75) is 58.3 Å². The number of ether oxygens (including phenoxy) is 1.